The van der Waals surface area contributed by atoms with Crippen LogP contribution in [0.4, 0.5) is 0 Å². The molecule has 1 heteroatoms. The maximum Gasteiger partial charge on any atom is 0.136 e. The van der Waals surface area contributed by atoms with E-state index in [1.54, 1.807) is 0 Å². The number of ketones is 1. The van der Waals surface area contributed by atoms with E-state index in [4.69, 9.17) is 0 Å². The predicted molar refractivity (Wildman–Crippen MR) is 30.5 cm³/mol. The van der Waals surface area contributed by atoms with Crippen LogP contribution in [0.1, 0.15) is 25.7 Å². The second-order valence-electron chi connectivity index (χ2n) is 2.97. The maximum absolute atomic E-state index is 10.7. The molecule has 0 aromatic heterocycles. The Balaban J connectivity index is 2.11. The van der Waals surface area contributed by atoms with E-state index in [0.717, 1.165) is 12.3 Å². The minimum Gasteiger partial charge on any atom is -0.299 e. The molecule has 8 heavy (non-hydrogen) atoms. The Labute approximate surface area is 49.1 Å². The quantitative estimate of drug-likeness (QED) is 0.460. The highest BCUT2D eigenvalue weighted by atomic mass is 16.1. The Morgan fingerprint density at radius 3 is 2.75 bits per heavy atom. The molecule has 0 saturated heterocycles. The van der Waals surface area contributed by atoms with Crippen LogP contribution in [0.25, 0.3) is 0 Å². The van der Waals surface area contributed by atoms with Crippen LogP contribution in [0.3, 0.4) is 0 Å². The van der Waals surface area contributed by atoms with Gasteiger partial charge in [0.25, 0.3) is 0 Å². The summed E-state index contributed by atoms with van der Waals surface area (Å²) in [5.41, 5.74) is 0. The van der Waals surface area contributed by atoms with Gasteiger partial charge in [0, 0.05) is 12.3 Å². The zero-order valence-corrected chi connectivity index (χ0v) is 4.89. The molecule has 0 radical (unpaired) electrons. The molecule has 1 nitrogen and oxygen atoms in total. The van der Waals surface area contributed by atoms with Gasteiger partial charge in [-0.2, -0.15) is 0 Å². The molecule has 0 spiro atoms. The van der Waals surface area contributed by atoms with Gasteiger partial charge < -0.3 is 0 Å². The van der Waals surface area contributed by atoms with E-state index < -0.39 is 0 Å². The fraction of sp³-hybridized carbons (Fsp3) is 0.857. The monoisotopic (exact) mass is 110 g/mol. The Morgan fingerprint density at radius 2 is 2.25 bits per heavy atom. The van der Waals surface area contributed by atoms with Crippen molar-refractivity contribution in [2.24, 2.45) is 11.8 Å². The molecule has 44 valence electrons. The highest BCUT2D eigenvalue weighted by Crippen LogP contribution is 2.43. The van der Waals surface area contributed by atoms with Gasteiger partial charge in [-0.3, -0.25) is 4.79 Å². The van der Waals surface area contributed by atoms with Crippen LogP contribution < -0.4 is 0 Å². The van der Waals surface area contributed by atoms with Crippen molar-refractivity contribution in [1.29, 1.82) is 0 Å². The molecule has 2 rings (SSSR count). The second-order valence-corrected chi connectivity index (χ2v) is 2.97. The average molecular weight is 110 g/mol. The van der Waals surface area contributed by atoms with Crippen molar-refractivity contribution in [2.75, 3.05) is 0 Å². The SMILES string of the molecule is O=C1C[C@H]2CCCC12. The molecule has 1 unspecified atom stereocenters. The molecule has 2 fully saturated rings. The van der Waals surface area contributed by atoms with Crippen molar-refractivity contribution in [3.8, 4) is 0 Å². The summed E-state index contributed by atoms with van der Waals surface area (Å²) in [6, 6.07) is 0. The standard InChI is InChI=1S/C7H10O/c8-7-4-5-2-1-3-6(5)7/h5-6H,1-4H2/t5-,6?/m1/s1. The molecular weight excluding hydrogens is 100 g/mol. The number of rotatable bonds is 0. The van der Waals surface area contributed by atoms with Gasteiger partial charge in [-0.1, -0.05) is 6.42 Å². The van der Waals surface area contributed by atoms with Crippen molar-refractivity contribution < 1.29 is 4.79 Å². The lowest BCUT2D eigenvalue weighted by Gasteiger charge is -2.27. The van der Waals surface area contributed by atoms with Crippen molar-refractivity contribution in [3.05, 3.63) is 0 Å². The third kappa shape index (κ3) is 0.396. The topological polar surface area (TPSA) is 17.1 Å². The van der Waals surface area contributed by atoms with Crippen LogP contribution in [-0.4, -0.2) is 5.78 Å². The number of hydrogen-bond acceptors (Lipinski definition) is 1. The zero-order valence-electron chi connectivity index (χ0n) is 4.89. The average Bonchev–Trinajstić information content (AvgIpc) is 2.09. The molecule has 2 saturated carbocycles. The summed E-state index contributed by atoms with van der Waals surface area (Å²) >= 11 is 0. The Hall–Kier alpha value is -0.330. The first kappa shape index (κ1) is 4.54. The highest BCUT2D eigenvalue weighted by Gasteiger charge is 2.42. The predicted octanol–water partition coefficient (Wildman–Crippen LogP) is 1.38. The fourth-order valence-electron chi connectivity index (χ4n) is 1.95. The fourth-order valence-corrected chi connectivity index (χ4v) is 1.95. The highest BCUT2D eigenvalue weighted by molar-refractivity contribution is 5.87. The third-order valence-electron chi connectivity index (χ3n) is 2.54. The van der Waals surface area contributed by atoms with E-state index in [1.807, 2.05) is 0 Å². The number of hydrogen-bond donors (Lipinski definition) is 0. The van der Waals surface area contributed by atoms with Crippen molar-refractivity contribution in [2.45, 2.75) is 25.7 Å². The van der Waals surface area contributed by atoms with Gasteiger partial charge in [0.15, 0.2) is 0 Å². The van der Waals surface area contributed by atoms with Gasteiger partial charge >= 0.3 is 0 Å². The molecule has 0 aromatic rings. The van der Waals surface area contributed by atoms with Crippen LogP contribution in [0.5, 0.6) is 0 Å². The molecular formula is C7H10O. The first-order valence-electron chi connectivity index (χ1n) is 3.40. The summed E-state index contributed by atoms with van der Waals surface area (Å²) in [6.07, 6.45) is 4.74. The smallest absolute Gasteiger partial charge is 0.136 e. The Kier molecular flexibility index (Phi) is 0.758. The lowest BCUT2D eigenvalue weighted by Crippen LogP contribution is -2.32. The number of fused-ring (bicyclic) bond motifs is 1. The van der Waals surface area contributed by atoms with Gasteiger partial charge in [0.2, 0.25) is 0 Å². The summed E-state index contributed by atoms with van der Waals surface area (Å²) in [5, 5.41) is 0. The first-order chi connectivity index (χ1) is 3.88. The van der Waals surface area contributed by atoms with E-state index in [-0.39, 0.29) is 0 Å². The number of Topliss-reactive ketones (excluding diaryl/α,β-unsaturated/α-hetero) is 1. The lowest BCUT2D eigenvalue weighted by atomic mass is 9.75. The maximum atomic E-state index is 10.7. The largest absolute Gasteiger partial charge is 0.299 e. The molecule has 0 heterocycles. The molecule has 0 bridgehead atoms. The summed E-state index contributed by atoms with van der Waals surface area (Å²) in [6.45, 7) is 0. The normalized spacial score (nSPS) is 43.8. The molecule has 2 aliphatic carbocycles. The Bertz CT molecular complexity index is 128. The van der Waals surface area contributed by atoms with Gasteiger partial charge in [0.1, 0.15) is 5.78 Å². The molecule has 0 N–H and O–H groups in total. The number of carbonyl (C=O) groups is 1. The van der Waals surface area contributed by atoms with E-state index in [2.05, 4.69) is 0 Å². The summed E-state index contributed by atoms with van der Waals surface area (Å²) in [4.78, 5) is 10.7. The molecule has 0 amide bonds. The Morgan fingerprint density at radius 1 is 1.38 bits per heavy atom. The van der Waals surface area contributed by atoms with E-state index in [1.165, 1.54) is 19.3 Å². The lowest BCUT2D eigenvalue weighted by molar-refractivity contribution is -0.132. The van der Waals surface area contributed by atoms with E-state index in [0.29, 0.717) is 11.7 Å². The third-order valence-corrected chi connectivity index (χ3v) is 2.54. The first-order valence-corrected chi connectivity index (χ1v) is 3.40. The van der Waals surface area contributed by atoms with Gasteiger partial charge in [-0.25, -0.2) is 0 Å². The van der Waals surface area contributed by atoms with Crippen LogP contribution in [0.2, 0.25) is 0 Å². The van der Waals surface area contributed by atoms with Gasteiger partial charge in [0.05, 0.1) is 0 Å². The van der Waals surface area contributed by atoms with Crippen LogP contribution in [0, 0.1) is 11.8 Å². The molecule has 2 atom stereocenters. The molecule has 0 aliphatic heterocycles. The van der Waals surface area contributed by atoms with E-state index in [9.17, 15) is 4.79 Å². The number of carbonyl (C=O) groups excluding carboxylic acids is 1. The van der Waals surface area contributed by atoms with Crippen molar-refractivity contribution in [3.63, 3.8) is 0 Å². The zero-order chi connectivity index (χ0) is 5.56. The summed E-state index contributed by atoms with van der Waals surface area (Å²) < 4.78 is 0. The van der Waals surface area contributed by atoms with Gasteiger partial charge in [-0.05, 0) is 18.8 Å². The second kappa shape index (κ2) is 1.34. The van der Waals surface area contributed by atoms with Crippen molar-refractivity contribution >= 4 is 5.78 Å². The van der Waals surface area contributed by atoms with Crippen LogP contribution in [0.15, 0.2) is 0 Å². The summed E-state index contributed by atoms with van der Waals surface area (Å²) in [5.74, 6) is 1.88. The molecule has 0 aromatic carbocycles. The van der Waals surface area contributed by atoms with Crippen LogP contribution in [-0.2, 0) is 4.79 Å². The minimum atomic E-state index is 0.523. The van der Waals surface area contributed by atoms with E-state index >= 15 is 0 Å². The summed E-state index contributed by atoms with van der Waals surface area (Å²) in [7, 11) is 0. The molecule has 2 aliphatic rings. The minimum absolute atomic E-state index is 0.523. The van der Waals surface area contributed by atoms with Gasteiger partial charge in [-0.15, -0.1) is 0 Å². The van der Waals surface area contributed by atoms with Crippen LogP contribution >= 0.6 is 0 Å². The van der Waals surface area contributed by atoms with Crippen molar-refractivity contribution in [1.82, 2.24) is 0 Å².